The number of nitrogens with one attached hydrogen (secondary N) is 1. The summed E-state index contributed by atoms with van der Waals surface area (Å²) in [5.74, 6) is -2.28. The Morgan fingerprint density at radius 3 is 2.43 bits per heavy atom. The highest BCUT2D eigenvalue weighted by atomic mass is 16.5. The van der Waals surface area contributed by atoms with Gasteiger partial charge in [0.1, 0.15) is 17.9 Å². The number of imidazole rings is 1. The quantitative estimate of drug-likeness (QED) is 0.499. The van der Waals surface area contributed by atoms with Crippen molar-refractivity contribution < 1.29 is 29.3 Å². The Kier molecular flexibility index (Phi) is 5.63. The zero-order chi connectivity index (χ0) is 22.0. The van der Waals surface area contributed by atoms with Crippen molar-refractivity contribution in [1.82, 2.24) is 19.4 Å². The molecule has 158 valence electrons. The summed E-state index contributed by atoms with van der Waals surface area (Å²) in [5.41, 5.74) is -0.554. The molecule has 3 rings (SSSR count). The van der Waals surface area contributed by atoms with Crippen molar-refractivity contribution in [2.45, 2.75) is 6.54 Å². The fourth-order valence-corrected chi connectivity index (χ4v) is 3.08. The molecule has 1 amide bonds. The molecule has 2 aromatic heterocycles. The van der Waals surface area contributed by atoms with Crippen LogP contribution in [0.25, 0.3) is 10.9 Å². The first-order valence-electron chi connectivity index (χ1n) is 8.75. The molecule has 0 aliphatic heterocycles. The average molecular weight is 416 g/mol. The van der Waals surface area contributed by atoms with E-state index in [0.717, 1.165) is 0 Å². The number of methoxy groups -OCH3 is 2. The van der Waals surface area contributed by atoms with E-state index in [1.807, 2.05) is 0 Å². The lowest BCUT2D eigenvalue weighted by Crippen LogP contribution is -2.36. The molecule has 0 aliphatic rings. The summed E-state index contributed by atoms with van der Waals surface area (Å²) in [6.45, 7) is -0.701. The van der Waals surface area contributed by atoms with Crippen LogP contribution in [0.3, 0.4) is 0 Å². The highest BCUT2D eigenvalue weighted by molar-refractivity contribution is 6.03. The number of aromatic hydroxyl groups is 1. The molecule has 0 radical (unpaired) electrons. The number of aryl methyl sites for hydroxylation is 1. The number of benzene rings is 1. The van der Waals surface area contributed by atoms with Gasteiger partial charge in [-0.1, -0.05) is 0 Å². The summed E-state index contributed by atoms with van der Waals surface area (Å²) in [6, 6.07) is 2.95. The number of fused-ring (bicyclic) bond motifs is 1. The van der Waals surface area contributed by atoms with Gasteiger partial charge in [0.15, 0.2) is 11.5 Å². The second-order valence-corrected chi connectivity index (χ2v) is 6.45. The van der Waals surface area contributed by atoms with Gasteiger partial charge in [0.2, 0.25) is 0 Å². The van der Waals surface area contributed by atoms with Gasteiger partial charge >= 0.3 is 5.97 Å². The van der Waals surface area contributed by atoms with Crippen molar-refractivity contribution >= 4 is 22.8 Å². The SMILES string of the molecule is COc1cc2c(O)c(C(=O)NCC(=O)O)c(=O)n(Cc3cn(C)cn3)c2cc1OC. The zero-order valence-corrected chi connectivity index (χ0v) is 16.5. The first kappa shape index (κ1) is 20.7. The third-order valence-electron chi connectivity index (χ3n) is 4.45. The van der Waals surface area contributed by atoms with Crippen molar-refractivity contribution in [2.24, 2.45) is 7.05 Å². The van der Waals surface area contributed by atoms with Crippen molar-refractivity contribution in [2.75, 3.05) is 20.8 Å². The first-order chi connectivity index (χ1) is 14.3. The number of hydrogen-bond acceptors (Lipinski definition) is 7. The summed E-state index contributed by atoms with van der Waals surface area (Å²) in [5, 5.41) is 21.8. The fourth-order valence-electron chi connectivity index (χ4n) is 3.08. The second kappa shape index (κ2) is 8.15. The molecular weight excluding hydrogens is 396 g/mol. The molecule has 3 N–H and O–H groups in total. The third kappa shape index (κ3) is 3.77. The van der Waals surface area contributed by atoms with Crippen LogP contribution in [0.1, 0.15) is 16.1 Å². The Hall–Kier alpha value is -4.02. The van der Waals surface area contributed by atoms with Crippen LogP contribution in [-0.4, -0.2) is 57.0 Å². The third-order valence-corrected chi connectivity index (χ3v) is 4.45. The Labute approximate surface area is 170 Å². The molecule has 0 fully saturated rings. The molecule has 0 unspecified atom stereocenters. The average Bonchev–Trinajstić information content (AvgIpc) is 3.13. The predicted molar refractivity (Wildman–Crippen MR) is 105 cm³/mol. The molecule has 0 aliphatic carbocycles. The lowest BCUT2D eigenvalue weighted by Gasteiger charge is -2.16. The number of rotatable bonds is 7. The standard InChI is InChI=1S/C19H20N4O7/c1-22-7-10(21-9-22)8-23-12-5-14(30-3)13(29-2)4-11(12)17(26)16(19(23)28)18(27)20-6-15(24)25/h4-5,7,9,26H,6,8H2,1-3H3,(H,20,27)(H,24,25). The summed E-state index contributed by atoms with van der Waals surface area (Å²) in [4.78, 5) is 40.6. The number of carbonyl (C=O) groups excluding carboxylic acids is 1. The van der Waals surface area contributed by atoms with E-state index in [2.05, 4.69) is 10.3 Å². The van der Waals surface area contributed by atoms with Crippen LogP contribution >= 0.6 is 0 Å². The molecule has 0 saturated heterocycles. The Balaban J connectivity index is 2.29. The van der Waals surface area contributed by atoms with E-state index in [0.29, 0.717) is 11.4 Å². The summed E-state index contributed by atoms with van der Waals surface area (Å²) < 4.78 is 13.5. The highest BCUT2D eigenvalue weighted by Gasteiger charge is 2.24. The highest BCUT2D eigenvalue weighted by Crippen LogP contribution is 2.36. The van der Waals surface area contributed by atoms with E-state index in [1.54, 1.807) is 24.1 Å². The number of aliphatic carboxylic acids is 1. The van der Waals surface area contributed by atoms with Gasteiger partial charge in [-0.25, -0.2) is 4.98 Å². The monoisotopic (exact) mass is 416 g/mol. The normalized spacial score (nSPS) is 10.8. The molecule has 3 aromatic rings. The first-order valence-corrected chi connectivity index (χ1v) is 8.75. The number of amides is 1. The lowest BCUT2D eigenvalue weighted by molar-refractivity contribution is -0.135. The van der Waals surface area contributed by atoms with Crippen molar-refractivity contribution in [3.63, 3.8) is 0 Å². The predicted octanol–water partition coefficient (Wildman–Crippen LogP) is 0.321. The van der Waals surface area contributed by atoms with Gasteiger partial charge in [-0.3, -0.25) is 14.4 Å². The van der Waals surface area contributed by atoms with E-state index < -0.39 is 35.3 Å². The number of pyridine rings is 1. The van der Waals surface area contributed by atoms with Gasteiger partial charge in [-0.2, -0.15) is 0 Å². The van der Waals surface area contributed by atoms with Crippen LogP contribution in [0.15, 0.2) is 29.5 Å². The minimum Gasteiger partial charge on any atom is -0.506 e. The number of aromatic nitrogens is 3. The van der Waals surface area contributed by atoms with Crippen molar-refractivity contribution in [3.05, 3.63) is 46.3 Å². The maximum Gasteiger partial charge on any atom is 0.322 e. The molecule has 0 spiro atoms. The number of carboxylic acids is 1. The second-order valence-electron chi connectivity index (χ2n) is 6.45. The number of ether oxygens (including phenoxy) is 2. The van der Waals surface area contributed by atoms with Crippen LogP contribution < -0.4 is 20.3 Å². The molecular formula is C19H20N4O7. The number of hydrogen-bond donors (Lipinski definition) is 3. The van der Waals surface area contributed by atoms with E-state index in [1.165, 1.54) is 30.9 Å². The van der Waals surface area contributed by atoms with Crippen LogP contribution in [0.5, 0.6) is 17.2 Å². The topological polar surface area (TPSA) is 145 Å². The number of carboxylic acid groups (broad SMARTS) is 1. The zero-order valence-electron chi connectivity index (χ0n) is 16.5. The van der Waals surface area contributed by atoms with Crippen LogP contribution in [0.4, 0.5) is 0 Å². The Bertz CT molecular complexity index is 1200. The van der Waals surface area contributed by atoms with E-state index in [-0.39, 0.29) is 23.2 Å². The summed E-state index contributed by atoms with van der Waals surface area (Å²) in [7, 11) is 4.61. The molecule has 11 heteroatoms. The largest absolute Gasteiger partial charge is 0.506 e. The fraction of sp³-hybridized carbons (Fsp3) is 0.263. The Morgan fingerprint density at radius 1 is 1.20 bits per heavy atom. The van der Waals surface area contributed by atoms with Crippen LogP contribution in [-0.2, 0) is 18.4 Å². The Morgan fingerprint density at radius 2 is 1.87 bits per heavy atom. The minimum atomic E-state index is -1.29. The van der Waals surface area contributed by atoms with Crippen molar-refractivity contribution in [1.29, 1.82) is 0 Å². The summed E-state index contributed by atoms with van der Waals surface area (Å²) in [6.07, 6.45) is 3.27. The van der Waals surface area contributed by atoms with Crippen LogP contribution in [0, 0.1) is 0 Å². The van der Waals surface area contributed by atoms with E-state index in [4.69, 9.17) is 14.6 Å². The van der Waals surface area contributed by atoms with Gasteiger partial charge in [0.05, 0.1) is 38.3 Å². The maximum atomic E-state index is 13.1. The lowest BCUT2D eigenvalue weighted by atomic mass is 10.1. The molecule has 0 saturated carbocycles. The maximum absolute atomic E-state index is 13.1. The van der Waals surface area contributed by atoms with Gasteiger partial charge in [-0.15, -0.1) is 0 Å². The molecule has 1 aromatic carbocycles. The molecule has 2 heterocycles. The van der Waals surface area contributed by atoms with Crippen molar-refractivity contribution in [3.8, 4) is 17.2 Å². The number of nitrogens with zero attached hydrogens (tertiary/aromatic N) is 3. The number of carbonyl (C=O) groups is 2. The molecule has 11 nitrogen and oxygen atoms in total. The van der Waals surface area contributed by atoms with Gasteiger partial charge in [0, 0.05) is 24.7 Å². The van der Waals surface area contributed by atoms with E-state index >= 15 is 0 Å². The van der Waals surface area contributed by atoms with Gasteiger partial charge < -0.3 is 34.1 Å². The smallest absolute Gasteiger partial charge is 0.322 e. The minimum absolute atomic E-state index is 0.00511. The van der Waals surface area contributed by atoms with Gasteiger partial charge in [0.25, 0.3) is 11.5 Å². The van der Waals surface area contributed by atoms with Crippen LogP contribution in [0.2, 0.25) is 0 Å². The van der Waals surface area contributed by atoms with E-state index in [9.17, 15) is 19.5 Å². The van der Waals surface area contributed by atoms with Gasteiger partial charge in [-0.05, 0) is 6.07 Å². The molecule has 30 heavy (non-hydrogen) atoms. The molecule has 0 atom stereocenters. The molecule has 0 bridgehead atoms. The summed E-state index contributed by atoms with van der Waals surface area (Å²) >= 11 is 0.